The van der Waals surface area contributed by atoms with Crippen molar-refractivity contribution in [2.24, 2.45) is 0 Å². The SMILES string of the molecule is CCCCCC/C=C\C/C=C\CCCCCCCC(=O)OCCCCCCCCCCCCCC/C=C\CCCCCCCCCCC(=O)NC(CO)C(O)CCCCCCCCCCCCCCC. The topological polar surface area (TPSA) is 95.9 Å². The van der Waals surface area contributed by atoms with E-state index in [2.05, 4.69) is 55.6 Å². The first-order chi connectivity index (χ1) is 34.5. The molecule has 0 aliphatic rings. The molecule has 0 aromatic heterocycles. The minimum absolute atomic E-state index is 0.000925. The molecule has 0 aliphatic heterocycles. The summed E-state index contributed by atoms with van der Waals surface area (Å²) in [7, 11) is 0. The number of unbranched alkanes of at least 4 members (excludes halogenated alkanes) is 41. The minimum Gasteiger partial charge on any atom is -0.466 e. The number of allylic oxidation sites excluding steroid dienone is 6. The van der Waals surface area contributed by atoms with E-state index in [1.165, 1.54) is 250 Å². The highest BCUT2D eigenvalue weighted by atomic mass is 16.5. The maximum absolute atomic E-state index is 12.5. The summed E-state index contributed by atoms with van der Waals surface area (Å²) in [5.74, 6) is -0.0400. The molecule has 1 amide bonds. The molecule has 0 aromatic rings. The van der Waals surface area contributed by atoms with Crippen LogP contribution in [0.2, 0.25) is 0 Å². The van der Waals surface area contributed by atoms with Crippen LogP contribution >= 0.6 is 0 Å². The maximum Gasteiger partial charge on any atom is 0.305 e. The molecule has 0 radical (unpaired) electrons. The smallest absolute Gasteiger partial charge is 0.305 e. The van der Waals surface area contributed by atoms with Crippen molar-refractivity contribution in [3.8, 4) is 0 Å². The van der Waals surface area contributed by atoms with E-state index in [1.54, 1.807) is 0 Å². The summed E-state index contributed by atoms with van der Waals surface area (Å²) in [5, 5.41) is 23.2. The van der Waals surface area contributed by atoms with Gasteiger partial charge in [0.05, 0.1) is 25.4 Å². The van der Waals surface area contributed by atoms with Gasteiger partial charge in [0.15, 0.2) is 0 Å². The fraction of sp³-hybridized carbons (Fsp3) is 0.875. The number of hydrogen-bond acceptors (Lipinski definition) is 5. The molecule has 3 N–H and O–H groups in total. The third-order valence-corrected chi connectivity index (χ3v) is 14.4. The second-order valence-corrected chi connectivity index (χ2v) is 21.4. The summed E-state index contributed by atoms with van der Waals surface area (Å²) in [5.41, 5.74) is 0. The summed E-state index contributed by atoms with van der Waals surface area (Å²) >= 11 is 0. The van der Waals surface area contributed by atoms with Gasteiger partial charge in [0.25, 0.3) is 0 Å². The zero-order valence-electron chi connectivity index (χ0n) is 47.0. The first-order valence-electron chi connectivity index (χ1n) is 31.2. The van der Waals surface area contributed by atoms with Crippen LogP contribution in [0.3, 0.4) is 0 Å². The fourth-order valence-corrected chi connectivity index (χ4v) is 9.61. The van der Waals surface area contributed by atoms with Crippen LogP contribution in [0.4, 0.5) is 0 Å². The zero-order chi connectivity index (χ0) is 50.7. The molecule has 0 bridgehead atoms. The normalized spacial score (nSPS) is 12.8. The molecule has 0 rings (SSSR count). The monoisotopic (exact) mass is 984 g/mol. The number of carbonyl (C=O) groups is 2. The van der Waals surface area contributed by atoms with Crippen molar-refractivity contribution in [2.75, 3.05) is 13.2 Å². The standard InChI is InChI=1S/C64H121NO5/c1-3-5-7-9-11-13-15-17-18-30-34-38-42-46-50-54-58-64(69)70-59-55-51-47-43-39-35-31-28-26-24-22-20-19-21-23-25-27-29-33-37-41-45-49-53-57-63(68)65-61(60-66)62(67)56-52-48-44-40-36-32-16-14-12-10-8-6-4-2/h13,15,18,21,23,30,61-62,66-67H,3-12,14,16-17,19-20,22,24-29,31-60H2,1-2H3,(H,65,68)/b15-13-,23-21-,30-18-. The number of ether oxygens (including phenoxy) is 1. The van der Waals surface area contributed by atoms with Gasteiger partial charge in [-0.25, -0.2) is 0 Å². The van der Waals surface area contributed by atoms with Crippen molar-refractivity contribution in [2.45, 2.75) is 347 Å². The van der Waals surface area contributed by atoms with Gasteiger partial charge >= 0.3 is 5.97 Å². The molecular weight excluding hydrogens is 863 g/mol. The van der Waals surface area contributed by atoms with Crippen LogP contribution in [0.5, 0.6) is 0 Å². The van der Waals surface area contributed by atoms with Crippen LogP contribution in [-0.4, -0.2) is 47.4 Å². The lowest BCUT2D eigenvalue weighted by molar-refractivity contribution is -0.143. The van der Waals surface area contributed by atoms with Crippen LogP contribution in [0.25, 0.3) is 0 Å². The number of hydrogen-bond donors (Lipinski definition) is 3. The molecule has 70 heavy (non-hydrogen) atoms. The second-order valence-electron chi connectivity index (χ2n) is 21.4. The van der Waals surface area contributed by atoms with Gasteiger partial charge in [0, 0.05) is 12.8 Å². The molecule has 6 heteroatoms. The number of carbonyl (C=O) groups excluding carboxylic acids is 2. The Morgan fingerprint density at radius 2 is 0.714 bits per heavy atom. The molecular formula is C64H121NO5. The molecule has 412 valence electrons. The van der Waals surface area contributed by atoms with E-state index in [0.29, 0.717) is 25.9 Å². The third-order valence-electron chi connectivity index (χ3n) is 14.4. The minimum atomic E-state index is -0.667. The fourth-order valence-electron chi connectivity index (χ4n) is 9.61. The summed E-state index contributed by atoms with van der Waals surface area (Å²) in [6.07, 6.45) is 74.4. The predicted molar refractivity (Wildman–Crippen MR) is 306 cm³/mol. The van der Waals surface area contributed by atoms with Crippen molar-refractivity contribution in [1.82, 2.24) is 5.32 Å². The Balaban J connectivity index is 3.40. The van der Waals surface area contributed by atoms with Crippen molar-refractivity contribution in [3.63, 3.8) is 0 Å². The first kappa shape index (κ1) is 68.1. The van der Waals surface area contributed by atoms with Gasteiger partial charge in [-0.3, -0.25) is 9.59 Å². The molecule has 0 aromatic carbocycles. The lowest BCUT2D eigenvalue weighted by atomic mass is 10.0. The highest BCUT2D eigenvalue weighted by Gasteiger charge is 2.20. The summed E-state index contributed by atoms with van der Waals surface area (Å²) in [4.78, 5) is 24.5. The third kappa shape index (κ3) is 55.4. The number of nitrogens with one attached hydrogen (secondary N) is 1. The van der Waals surface area contributed by atoms with Crippen molar-refractivity contribution in [1.29, 1.82) is 0 Å². The van der Waals surface area contributed by atoms with E-state index in [9.17, 15) is 19.8 Å². The molecule has 0 saturated heterocycles. The van der Waals surface area contributed by atoms with Crippen LogP contribution in [0.1, 0.15) is 335 Å². The van der Waals surface area contributed by atoms with Crippen molar-refractivity contribution >= 4 is 11.9 Å². The Kier molecular flexibility index (Phi) is 58.0. The molecule has 0 saturated carbocycles. The molecule has 2 atom stereocenters. The van der Waals surface area contributed by atoms with Gasteiger partial charge in [0.1, 0.15) is 0 Å². The van der Waals surface area contributed by atoms with E-state index < -0.39 is 12.1 Å². The Bertz CT molecular complexity index is 1130. The Morgan fingerprint density at radius 3 is 1.11 bits per heavy atom. The van der Waals surface area contributed by atoms with Gasteiger partial charge in [-0.05, 0) is 83.5 Å². The van der Waals surface area contributed by atoms with Crippen LogP contribution in [0, 0.1) is 0 Å². The molecule has 0 aliphatic carbocycles. The number of amides is 1. The van der Waals surface area contributed by atoms with E-state index in [0.717, 1.165) is 51.4 Å². The second kappa shape index (κ2) is 59.6. The van der Waals surface area contributed by atoms with Crippen LogP contribution in [0.15, 0.2) is 36.5 Å². The Hall–Kier alpha value is -1.92. The highest BCUT2D eigenvalue weighted by molar-refractivity contribution is 5.76. The number of aliphatic hydroxyl groups is 2. The maximum atomic E-state index is 12.5. The van der Waals surface area contributed by atoms with Gasteiger partial charge < -0.3 is 20.3 Å². The quantitative estimate of drug-likeness (QED) is 0.0321. The summed E-state index contributed by atoms with van der Waals surface area (Å²) in [6, 6.07) is -0.544. The van der Waals surface area contributed by atoms with Crippen molar-refractivity contribution in [3.05, 3.63) is 36.5 Å². The highest BCUT2D eigenvalue weighted by Crippen LogP contribution is 2.17. The average molecular weight is 985 g/mol. The summed E-state index contributed by atoms with van der Waals surface area (Å²) < 4.78 is 5.48. The number of aliphatic hydroxyl groups excluding tert-OH is 2. The van der Waals surface area contributed by atoms with Gasteiger partial charge in [-0.2, -0.15) is 0 Å². The largest absolute Gasteiger partial charge is 0.466 e. The molecule has 2 unspecified atom stereocenters. The van der Waals surface area contributed by atoms with E-state index in [4.69, 9.17) is 4.74 Å². The van der Waals surface area contributed by atoms with Gasteiger partial charge in [-0.1, -0.05) is 275 Å². The van der Waals surface area contributed by atoms with E-state index in [1.807, 2.05) is 0 Å². The first-order valence-corrected chi connectivity index (χ1v) is 31.2. The van der Waals surface area contributed by atoms with Gasteiger partial charge in [-0.15, -0.1) is 0 Å². The molecule has 0 heterocycles. The lowest BCUT2D eigenvalue weighted by Crippen LogP contribution is -2.45. The van der Waals surface area contributed by atoms with Gasteiger partial charge in [0.2, 0.25) is 5.91 Å². The van der Waals surface area contributed by atoms with Crippen molar-refractivity contribution < 1.29 is 24.5 Å². The zero-order valence-corrected chi connectivity index (χ0v) is 47.0. The Labute approximate surface area is 436 Å². The summed E-state index contributed by atoms with van der Waals surface area (Å²) in [6.45, 7) is 4.94. The average Bonchev–Trinajstić information content (AvgIpc) is 3.36. The molecule has 0 fully saturated rings. The lowest BCUT2D eigenvalue weighted by Gasteiger charge is -2.22. The predicted octanol–water partition coefficient (Wildman–Crippen LogP) is 19.6. The number of rotatable bonds is 58. The molecule has 6 nitrogen and oxygen atoms in total. The van der Waals surface area contributed by atoms with Crippen LogP contribution < -0.4 is 5.32 Å². The van der Waals surface area contributed by atoms with E-state index >= 15 is 0 Å². The Morgan fingerprint density at radius 1 is 0.400 bits per heavy atom. The van der Waals surface area contributed by atoms with Crippen LogP contribution in [-0.2, 0) is 14.3 Å². The number of esters is 1. The van der Waals surface area contributed by atoms with E-state index in [-0.39, 0.29) is 18.5 Å². The molecule has 0 spiro atoms.